The number of aliphatic hydroxyl groups is 1. The van der Waals surface area contributed by atoms with E-state index >= 15 is 0 Å². The molecule has 0 heterocycles. The lowest BCUT2D eigenvalue weighted by Crippen LogP contribution is -1.88. The van der Waals surface area contributed by atoms with E-state index < -0.39 is 0 Å². The third kappa shape index (κ3) is 2.08. The van der Waals surface area contributed by atoms with E-state index in [4.69, 9.17) is 5.11 Å². The highest BCUT2D eigenvalue weighted by Gasteiger charge is 2.00. The smallest absolute Gasteiger partial charge is 0.0684 e. The average Bonchev–Trinajstić information content (AvgIpc) is 2.30. The third-order valence-corrected chi connectivity index (χ3v) is 2.62. The maximum Gasteiger partial charge on any atom is 0.0684 e. The van der Waals surface area contributed by atoms with Crippen LogP contribution in [-0.4, -0.2) is 5.11 Å². The molecule has 0 unspecified atom stereocenters. The first kappa shape index (κ1) is 9.94. The van der Waals surface area contributed by atoms with Gasteiger partial charge in [0.1, 0.15) is 0 Å². The van der Waals surface area contributed by atoms with Crippen LogP contribution in [0, 0.1) is 6.92 Å². The molecule has 1 N–H and O–H groups in total. The Morgan fingerprint density at radius 2 is 1.67 bits per heavy atom. The van der Waals surface area contributed by atoms with Gasteiger partial charge in [-0.05, 0) is 29.2 Å². The molecule has 1 nitrogen and oxygen atoms in total. The molecule has 0 fully saturated rings. The van der Waals surface area contributed by atoms with Crippen LogP contribution >= 0.6 is 0 Å². The van der Waals surface area contributed by atoms with Crippen LogP contribution in [0.3, 0.4) is 0 Å². The molecule has 0 saturated carbocycles. The first-order valence-corrected chi connectivity index (χ1v) is 5.07. The Hall–Kier alpha value is -1.60. The van der Waals surface area contributed by atoms with Crippen LogP contribution in [0.2, 0.25) is 0 Å². The summed E-state index contributed by atoms with van der Waals surface area (Å²) in [5, 5.41) is 9.08. The van der Waals surface area contributed by atoms with Gasteiger partial charge < -0.3 is 5.11 Å². The summed E-state index contributed by atoms with van der Waals surface area (Å²) in [6.07, 6.45) is 0. The van der Waals surface area contributed by atoms with E-state index in [2.05, 4.69) is 18.2 Å². The Bertz CT molecular complexity index is 446. The summed E-state index contributed by atoms with van der Waals surface area (Å²) in [5.41, 5.74) is 4.55. The van der Waals surface area contributed by atoms with Crippen molar-refractivity contribution in [2.45, 2.75) is 13.5 Å². The van der Waals surface area contributed by atoms with E-state index in [0.29, 0.717) is 0 Å². The maximum atomic E-state index is 9.08. The van der Waals surface area contributed by atoms with Crippen LogP contribution in [0.1, 0.15) is 11.1 Å². The summed E-state index contributed by atoms with van der Waals surface area (Å²) in [6, 6.07) is 16.4. The zero-order valence-electron chi connectivity index (χ0n) is 8.77. The fourth-order valence-electron chi connectivity index (χ4n) is 1.68. The topological polar surface area (TPSA) is 20.2 Å². The van der Waals surface area contributed by atoms with Crippen molar-refractivity contribution in [3.63, 3.8) is 0 Å². The van der Waals surface area contributed by atoms with Gasteiger partial charge in [-0.3, -0.25) is 0 Å². The number of benzene rings is 2. The van der Waals surface area contributed by atoms with E-state index in [1.165, 1.54) is 11.1 Å². The highest BCUT2D eigenvalue weighted by atomic mass is 16.3. The minimum absolute atomic E-state index is 0.112. The van der Waals surface area contributed by atoms with Crippen molar-refractivity contribution in [1.29, 1.82) is 0 Å². The molecule has 2 rings (SSSR count). The fraction of sp³-hybridized carbons (Fsp3) is 0.143. The molecule has 0 spiro atoms. The van der Waals surface area contributed by atoms with Crippen LogP contribution in [0.25, 0.3) is 11.1 Å². The van der Waals surface area contributed by atoms with Crippen molar-refractivity contribution in [1.82, 2.24) is 0 Å². The molecule has 0 atom stereocenters. The Morgan fingerprint density at radius 1 is 0.933 bits per heavy atom. The zero-order chi connectivity index (χ0) is 10.7. The SMILES string of the molecule is Cc1cc(-c2ccccc2)ccc1CO. The molecule has 0 saturated heterocycles. The molecule has 0 radical (unpaired) electrons. The van der Waals surface area contributed by atoms with Gasteiger partial charge in [0, 0.05) is 0 Å². The monoisotopic (exact) mass is 198 g/mol. The molecule has 2 aromatic carbocycles. The molecule has 0 amide bonds. The number of aryl methyl sites for hydroxylation is 1. The molecule has 0 aromatic heterocycles. The second-order valence-electron chi connectivity index (χ2n) is 3.67. The summed E-state index contributed by atoms with van der Waals surface area (Å²) in [6.45, 7) is 2.14. The Labute approximate surface area is 90.0 Å². The Morgan fingerprint density at radius 3 is 2.27 bits per heavy atom. The summed E-state index contributed by atoms with van der Waals surface area (Å²) in [7, 11) is 0. The minimum Gasteiger partial charge on any atom is -0.392 e. The van der Waals surface area contributed by atoms with Crippen molar-refractivity contribution in [2.75, 3.05) is 0 Å². The molecule has 0 aliphatic carbocycles. The van der Waals surface area contributed by atoms with Gasteiger partial charge in [-0.25, -0.2) is 0 Å². The molecule has 0 bridgehead atoms. The fourth-order valence-corrected chi connectivity index (χ4v) is 1.68. The molecule has 15 heavy (non-hydrogen) atoms. The molecular formula is C14H14O. The largest absolute Gasteiger partial charge is 0.392 e. The second-order valence-corrected chi connectivity index (χ2v) is 3.67. The highest BCUT2D eigenvalue weighted by Crippen LogP contribution is 2.21. The number of aliphatic hydroxyl groups excluding tert-OH is 1. The molecular weight excluding hydrogens is 184 g/mol. The van der Waals surface area contributed by atoms with Crippen molar-refractivity contribution in [3.05, 3.63) is 59.7 Å². The van der Waals surface area contributed by atoms with Gasteiger partial charge in [0.25, 0.3) is 0 Å². The molecule has 2 aromatic rings. The lowest BCUT2D eigenvalue weighted by molar-refractivity contribution is 0.281. The maximum absolute atomic E-state index is 9.08. The van der Waals surface area contributed by atoms with E-state index in [-0.39, 0.29) is 6.61 Å². The predicted molar refractivity (Wildman–Crippen MR) is 62.5 cm³/mol. The minimum atomic E-state index is 0.112. The zero-order valence-corrected chi connectivity index (χ0v) is 8.77. The molecule has 76 valence electrons. The summed E-state index contributed by atoms with van der Waals surface area (Å²) in [4.78, 5) is 0. The number of hydrogen-bond acceptors (Lipinski definition) is 1. The van der Waals surface area contributed by atoms with Crippen LogP contribution in [0.4, 0.5) is 0 Å². The van der Waals surface area contributed by atoms with Crippen LogP contribution in [-0.2, 0) is 6.61 Å². The second kappa shape index (κ2) is 4.28. The van der Waals surface area contributed by atoms with Gasteiger partial charge >= 0.3 is 0 Å². The summed E-state index contributed by atoms with van der Waals surface area (Å²) < 4.78 is 0. The number of rotatable bonds is 2. The van der Waals surface area contributed by atoms with Gasteiger partial charge in [-0.15, -0.1) is 0 Å². The van der Waals surface area contributed by atoms with E-state index in [0.717, 1.165) is 11.1 Å². The van der Waals surface area contributed by atoms with Gasteiger partial charge in [-0.1, -0.05) is 48.5 Å². The van der Waals surface area contributed by atoms with E-state index in [1.54, 1.807) is 0 Å². The summed E-state index contributed by atoms with van der Waals surface area (Å²) in [5.74, 6) is 0. The van der Waals surface area contributed by atoms with Crippen molar-refractivity contribution < 1.29 is 5.11 Å². The van der Waals surface area contributed by atoms with Crippen molar-refractivity contribution in [3.8, 4) is 11.1 Å². The number of hydrogen-bond donors (Lipinski definition) is 1. The van der Waals surface area contributed by atoms with Crippen LogP contribution in [0.15, 0.2) is 48.5 Å². The van der Waals surface area contributed by atoms with Crippen LogP contribution < -0.4 is 0 Å². The Kier molecular flexibility index (Phi) is 2.84. The first-order valence-electron chi connectivity index (χ1n) is 5.07. The lowest BCUT2D eigenvalue weighted by atomic mass is 10.0. The first-order chi connectivity index (χ1) is 7.31. The summed E-state index contributed by atoms with van der Waals surface area (Å²) >= 11 is 0. The quantitative estimate of drug-likeness (QED) is 0.786. The molecule has 0 aliphatic rings. The lowest BCUT2D eigenvalue weighted by Gasteiger charge is -2.06. The molecule has 1 heteroatoms. The average molecular weight is 198 g/mol. The molecule has 0 aliphatic heterocycles. The van der Waals surface area contributed by atoms with Gasteiger partial charge in [0.15, 0.2) is 0 Å². The third-order valence-electron chi connectivity index (χ3n) is 2.62. The van der Waals surface area contributed by atoms with Gasteiger partial charge in [0.2, 0.25) is 0 Å². The van der Waals surface area contributed by atoms with Crippen molar-refractivity contribution >= 4 is 0 Å². The normalized spacial score (nSPS) is 10.3. The van der Waals surface area contributed by atoms with Crippen LogP contribution in [0.5, 0.6) is 0 Å². The van der Waals surface area contributed by atoms with E-state index in [1.807, 2.05) is 37.3 Å². The van der Waals surface area contributed by atoms with E-state index in [9.17, 15) is 0 Å². The highest BCUT2D eigenvalue weighted by molar-refractivity contribution is 5.64. The Balaban J connectivity index is 2.43. The van der Waals surface area contributed by atoms with Gasteiger partial charge in [-0.2, -0.15) is 0 Å². The predicted octanol–water partition coefficient (Wildman–Crippen LogP) is 3.15. The standard InChI is InChI=1S/C14H14O/c1-11-9-13(7-8-14(11)10-15)12-5-3-2-4-6-12/h2-9,15H,10H2,1H3. The van der Waals surface area contributed by atoms with Gasteiger partial charge in [0.05, 0.1) is 6.61 Å². The van der Waals surface area contributed by atoms with Crippen molar-refractivity contribution in [2.24, 2.45) is 0 Å².